The molecule has 0 aliphatic carbocycles. The fourth-order valence-electron chi connectivity index (χ4n) is 4.84. The topological polar surface area (TPSA) is 17.8 Å². The van der Waals surface area contributed by atoms with E-state index in [-0.39, 0.29) is 0 Å². The minimum absolute atomic E-state index is 0.500. The third-order valence-electron chi connectivity index (χ3n) is 6.87. The molecule has 2 rings (SSSR count). The number of hydrogen-bond donors (Lipinski definition) is 0. The number of rotatable bonds is 20. The molecule has 0 N–H and O–H groups in total. The van der Waals surface area contributed by atoms with E-state index in [1.165, 1.54) is 113 Å². The molecule has 0 saturated carbocycles. The van der Waals surface area contributed by atoms with E-state index in [0.29, 0.717) is 5.92 Å². The quantitative estimate of drug-likeness (QED) is 0.183. The van der Waals surface area contributed by atoms with Gasteiger partial charge in [0.15, 0.2) is 0 Å². The van der Waals surface area contributed by atoms with Crippen LogP contribution in [-0.4, -0.2) is 9.55 Å². The predicted octanol–water partition coefficient (Wildman–Crippen LogP) is 9.66. The lowest BCUT2D eigenvalue weighted by atomic mass is 10.0. The summed E-state index contributed by atoms with van der Waals surface area (Å²) in [5.74, 6) is 1.78. The van der Waals surface area contributed by atoms with E-state index in [0.717, 1.165) is 19.4 Å². The highest BCUT2D eigenvalue weighted by molar-refractivity contribution is 5.15. The lowest BCUT2D eigenvalue weighted by Crippen LogP contribution is -2.04. The second-order valence-electron chi connectivity index (χ2n) is 10.4. The van der Waals surface area contributed by atoms with Gasteiger partial charge in [-0.1, -0.05) is 135 Å². The highest BCUT2D eigenvalue weighted by atomic mass is 15.1. The van der Waals surface area contributed by atoms with E-state index >= 15 is 0 Å². The first kappa shape index (κ1) is 27.7. The number of nitrogens with zero attached hydrogens (tertiary/aromatic N) is 2. The van der Waals surface area contributed by atoms with Crippen molar-refractivity contribution in [3.05, 3.63) is 53.6 Å². The molecule has 0 aliphatic heterocycles. The molecule has 1 aromatic heterocycles. The lowest BCUT2D eigenvalue weighted by Gasteiger charge is -2.10. The van der Waals surface area contributed by atoms with Crippen LogP contribution in [0.1, 0.15) is 140 Å². The first-order chi connectivity index (χ1) is 16.2. The molecule has 0 unspecified atom stereocenters. The first-order valence-electron chi connectivity index (χ1n) is 14.3. The van der Waals surface area contributed by atoms with Gasteiger partial charge in [-0.2, -0.15) is 0 Å². The minimum atomic E-state index is 0.500. The lowest BCUT2D eigenvalue weighted by molar-refractivity contribution is 0.516. The summed E-state index contributed by atoms with van der Waals surface area (Å²) < 4.78 is 2.45. The molecule has 1 heterocycles. The molecule has 0 atom stereocenters. The third kappa shape index (κ3) is 12.5. The molecular weight excluding hydrogens is 400 g/mol. The summed E-state index contributed by atoms with van der Waals surface area (Å²) in [6.07, 6.45) is 25.6. The summed E-state index contributed by atoms with van der Waals surface area (Å²) in [4.78, 5) is 4.99. The van der Waals surface area contributed by atoms with Gasteiger partial charge in [0.05, 0.1) is 5.69 Å². The van der Waals surface area contributed by atoms with Crippen LogP contribution in [0.5, 0.6) is 0 Å². The Kier molecular flexibility index (Phi) is 15.0. The van der Waals surface area contributed by atoms with Gasteiger partial charge in [0, 0.05) is 18.7 Å². The van der Waals surface area contributed by atoms with Crippen LogP contribution in [0.4, 0.5) is 0 Å². The van der Waals surface area contributed by atoms with E-state index in [2.05, 4.69) is 61.9 Å². The van der Waals surface area contributed by atoms with Gasteiger partial charge in [-0.15, -0.1) is 0 Å². The van der Waals surface area contributed by atoms with Gasteiger partial charge in [0.1, 0.15) is 5.82 Å². The van der Waals surface area contributed by atoms with E-state index < -0.39 is 0 Å². The van der Waals surface area contributed by atoms with Gasteiger partial charge in [-0.3, -0.25) is 0 Å². The van der Waals surface area contributed by atoms with Crippen molar-refractivity contribution in [1.29, 1.82) is 0 Å². The zero-order chi connectivity index (χ0) is 23.6. The SMILES string of the molecule is CCCCCCCCCCCCCCCCn1cc(CCCc2ccccc2)nc1C(C)C. The van der Waals surface area contributed by atoms with Crippen LogP contribution >= 0.6 is 0 Å². The highest BCUT2D eigenvalue weighted by Crippen LogP contribution is 2.18. The largest absolute Gasteiger partial charge is 0.334 e. The molecule has 2 aromatic rings. The van der Waals surface area contributed by atoms with Gasteiger partial charge in [-0.25, -0.2) is 4.98 Å². The van der Waals surface area contributed by atoms with Crippen LogP contribution in [0, 0.1) is 0 Å². The Bertz CT molecular complexity index is 701. The molecule has 1 aromatic carbocycles. The van der Waals surface area contributed by atoms with Crippen molar-refractivity contribution in [1.82, 2.24) is 9.55 Å². The number of aryl methyl sites for hydroxylation is 3. The molecular formula is C31H52N2. The second-order valence-corrected chi connectivity index (χ2v) is 10.4. The molecule has 0 amide bonds. The van der Waals surface area contributed by atoms with E-state index in [1.54, 1.807) is 0 Å². The Balaban J connectivity index is 1.53. The number of benzene rings is 1. The maximum Gasteiger partial charge on any atom is 0.111 e. The molecule has 0 spiro atoms. The first-order valence-corrected chi connectivity index (χ1v) is 14.3. The van der Waals surface area contributed by atoms with Crippen LogP contribution in [0.2, 0.25) is 0 Å². The zero-order valence-electron chi connectivity index (χ0n) is 22.2. The number of unbranched alkanes of at least 4 members (excludes halogenated alkanes) is 13. The van der Waals surface area contributed by atoms with Crippen molar-refractivity contribution in [2.75, 3.05) is 0 Å². The van der Waals surface area contributed by atoms with E-state index in [9.17, 15) is 0 Å². The van der Waals surface area contributed by atoms with Crippen molar-refractivity contribution in [2.45, 2.75) is 142 Å². The van der Waals surface area contributed by atoms with Crippen molar-refractivity contribution < 1.29 is 0 Å². The second kappa shape index (κ2) is 17.8. The fourth-order valence-corrected chi connectivity index (χ4v) is 4.84. The maximum absolute atomic E-state index is 4.99. The van der Waals surface area contributed by atoms with E-state index in [1.807, 2.05) is 0 Å². The fraction of sp³-hybridized carbons (Fsp3) is 0.710. The van der Waals surface area contributed by atoms with Gasteiger partial charge < -0.3 is 4.57 Å². The smallest absolute Gasteiger partial charge is 0.111 e. The van der Waals surface area contributed by atoms with Gasteiger partial charge in [0.25, 0.3) is 0 Å². The molecule has 0 aliphatic rings. The van der Waals surface area contributed by atoms with Gasteiger partial charge >= 0.3 is 0 Å². The van der Waals surface area contributed by atoms with Crippen molar-refractivity contribution in [3.8, 4) is 0 Å². The Labute approximate surface area is 205 Å². The van der Waals surface area contributed by atoms with Crippen molar-refractivity contribution >= 4 is 0 Å². The Morgan fingerprint density at radius 3 is 1.76 bits per heavy atom. The summed E-state index contributed by atoms with van der Waals surface area (Å²) in [6, 6.07) is 10.8. The Morgan fingerprint density at radius 2 is 1.21 bits per heavy atom. The standard InChI is InChI=1S/C31H52N2/c1-4-5-6-7-8-9-10-11-12-13-14-15-16-20-26-33-27-30(32-31(33)28(2)3)25-21-24-29-22-18-17-19-23-29/h17-19,22-23,27-28H,4-16,20-21,24-26H2,1-3H3. The maximum atomic E-state index is 4.99. The summed E-state index contributed by atoms with van der Waals surface area (Å²) in [5.41, 5.74) is 2.71. The monoisotopic (exact) mass is 452 g/mol. The molecule has 0 saturated heterocycles. The molecule has 33 heavy (non-hydrogen) atoms. The minimum Gasteiger partial charge on any atom is -0.334 e. The molecule has 2 heteroatoms. The summed E-state index contributed by atoms with van der Waals surface area (Å²) >= 11 is 0. The van der Waals surface area contributed by atoms with Crippen LogP contribution in [0.25, 0.3) is 0 Å². The van der Waals surface area contributed by atoms with Crippen LogP contribution < -0.4 is 0 Å². The molecule has 2 nitrogen and oxygen atoms in total. The average Bonchev–Trinajstić information content (AvgIpc) is 3.23. The molecule has 0 bridgehead atoms. The Hall–Kier alpha value is -1.57. The normalized spacial score (nSPS) is 11.5. The van der Waals surface area contributed by atoms with Crippen LogP contribution in [0.3, 0.4) is 0 Å². The third-order valence-corrected chi connectivity index (χ3v) is 6.87. The summed E-state index contributed by atoms with van der Waals surface area (Å²) in [7, 11) is 0. The van der Waals surface area contributed by atoms with Crippen LogP contribution in [-0.2, 0) is 19.4 Å². The predicted molar refractivity (Wildman–Crippen MR) is 145 cm³/mol. The molecule has 0 fully saturated rings. The van der Waals surface area contributed by atoms with Crippen LogP contribution in [0.15, 0.2) is 36.5 Å². The number of hydrogen-bond acceptors (Lipinski definition) is 1. The number of imidazole rings is 1. The summed E-state index contributed by atoms with van der Waals surface area (Å²) in [6.45, 7) is 7.98. The molecule has 0 radical (unpaired) electrons. The molecule has 186 valence electrons. The average molecular weight is 453 g/mol. The van der Waals surface area contributed by atoms with Gasteiger partial charge in [0.2, 0.25) is 0 Å². The van der Waals surface area contributed by atoms with Crippen molar-refractivity contribution in [2.24, 2.45) is 0 Å². The zero-order valence-corrected chi connectivity index (χ0v) is 22.2. The highest BCUT2D eigenvalue weighted by Gasteiger charge is 2.11. The van der Waals surface area contributed by atoms with Crippen molar-refractivity contribution in [3.63, 3.8) is 0 Å². The summed E-state index contributed by atoms with van der Waals surface area (Å²) in [5, 5.41) is 0. The van der Waals surface area contributed by atoms with Gasteiger partial charge in [-0.05, 0) is 31.2 Å². The number of aromatic nitrogens is 2. The Morgan fingerprint density at radius 1 is 0.667 bits per heavy atom. The van der Waals surface area contributed by atoms with E-state index in [4.69, 9.17) is 4.98 Å².